The van der Waals surface area contributed by atoms with Gasteiger partial charge in [0, 0.05) is 24.2 Å². The van der Waals surface area contributed by atoms with Crippen molar-refractivity contribution >= 4 is 0 Å². The molecule has 8 fully saturated rings. The fraction of sp³-hybridized carbons (Fsp3) is 0.953. The smallest absolute Gasteiger partial charge is 0.187 e. The highest BCUT2D eigenvalue weighted by molar-refractivity contribution is 5.29. The lowest BCUT2D eigenvalue weighted by molar-refractivity contribution is -0.386. The number of allylic oxidation sites excluding steroid dienone is 1. The van der Waals surface area contributed by atoms with Gasteiger partial charge in [0.15, 0.2) is 24.7 Å². The Kier molecular flexibility index (Phi) is 11.7. The van der Waals surface area contributed by atoms with Crippen LogP contribution in [-0.2, 0) is 37.9 Å². The first-order chi connectivity index (χ1) is 28.0. The van der Waals surface area contributed by atoms with Gasteiger partial charge in [0.05, 0.1) is 44.2 Å². The van der Waals surface area contributed by atoms with E-state index in [2.05, 4.69) is 33.8 Å². The van der Waals surface area contributed by atoms with Crippen molar-refractivity contribution in [3.05, 3.63) is 11.6 Å². The van der Waals surface area contributed by atoms with Gasteiger partial charge in [0.2, 0.25) is 0 Å². The van der Waals surface area contributed by atoms with Crippen LogP contribution in [-0.4, -0.2) is 165 Å². The molecule has 25 atom stereocenters. The average Bonchev–Trinajstić information content (AvgIpc) is 3.65. The molecule has 5 aliphatic heterocycles. The second-order valence-electron chi connectivity index (χ2n) is 20.3. The third-order valence-electron chi connectivity index (χ3n) is 17.0. The molecule has 0 radical (unpaired) electrons. The van der Waals surface area contributed by atoms with Gasteiger partial charge in [-0.05, 0) is 80.5 Å². The Morgan fingerprint density at radius 2 is 1.36 bits per heavy atom. The summed E-state index contributed by atoms with van der Waals surface area (Å²) >= 11 is 0. The van der Waals surface area contributed by atoms with Crippen LogP contribution in [0.25, 0.3) is 0 Å². The van der Waals surface area contributed by atoms with Crippen molar-refractivity contribution in [2.24, 2.45) is 46.3 Å². The monoisotopic (exact) mass is 840 g/mol. The molecule has 16 nitrogen and oxygen atoms in total. The van der Waals surface area contributed by atoms with Gasteiger partial charge < -0.3 is 78.7 Å². The van der Waals surface area contributed by atoms with E-state index >= 15 is 0 Å². The Morgan fingerprint density at radius 3 is 2.00 bits per heavy atom. The number of aliphatic hydroxyl groups excluding tert-OH is 8. The van der Waals surface area contributed by atoms with Gasteiger partial charge in [-0.25, -0.2) is 0 Å². The molecule has 9 aliphatic rings. The molecule has 3 saturated carbocycles. The van der Waals surface area contributed by atoms with E-state index in [1.165, 1.54) is 0 Å². The van der Waals surface area contributed by atoms with Gasteiger partial charge in [0.1, 0.15) is 54.9 Å². The largest absolute Gasteiger partial charge is 0.393 e. The van der Waals surface area contributed by atoms with Crippen LogP contribution in [0.4, 0.5) is 0 Å². The maximum absolute atomic E-state index is 11.6. The Hall–Kier alpha value is -0.900. The van der Waals surface area contributed by atoms with Crippen molar-refractivity contribution in [2.75, 3.05) is 19.8 Å². The van der Waals surface area contributed by atoms with E-state index in [0.717, 1.165) is 50.7 Å². The summed E-state index contributed by atoms with van der Waals surface area (Å²) in [5.41, 5.74) is 0.690. The highest BCUT2D eigenvalue weighted by Crippen LogP contribution is 2.71. The van der Waals surface area contributed by atoms with Gasteiger partial charge >= 0.3 is 0 Å². The average molecular weight is 841 g/mol. The van der Waals surface area contributed by atoms with E-state index in [1.54, 1.807) is 6.92 Å². The van der Waals surface area contributed by atoms with Crippen LogP contribution in [0, 0.1) is 46.3 Å². The van der Waals surface area contributed by atoms with Gasteiger partial charge in [0.25, 0.3) is 0 Å². The molecule has 0 bridgehead atoms. The maximum atomic E-state index is 11.6. The second-order valence-corrected chi connectivity index (χ2v) is 20.3. The van der Waals surface area contributed by atoms with E-state index < -0.39 is 103 Å². The molecule has 9 rings (SSSR count). The zero-order valence-corrected chi connectivity index (χ0v) is 34.9. The summed E-state index contributed by atoms with van der Waals surface area (Å²) in [4.78, 5) is 0. The molecule has 0 aromatic heterocycles. The summed E-state index contributed by atoms with van der Waals surface area (Å²) in [6, 6.07) is 0. The number of ether oxygens (including phenoxy) is 8. The summed E-state index contributed by atoms with van der Waals surface area (Å²) in [5, 5.41) is 86.1. The minimum absolute atomic E-state index is 0.0727. The SMILES string of the molecule is CC1CCC2(OC1)OC1CC3C4CC=C5CC(O)CC(OC6OC(C)C(O)C(OC7OCC(O)C(O)C7O)C6OC6OCC(O)C(O)C6O)C5(C)C4CCC3(C)C1C2C. The number of hydrogen-bond acceptors (Lipinski definition) is 16. The standard InChI is InChI=1S/C43H68O16/c1-18-8-11-43(54-15-18)19(2)30-28(59-43)14-25-23-7-6-21-12-22(44)13-29(42(21,5)24(23)9-10-41(25,30)4)56-40-37(58-39-35(51)33(49)27(46)17-53-39)36(31(47)20(3)55-40)57-38-34(50)32(48)26(45)16-52-38/h6,18-20,22-40,44-51H,7-17H2,1-5H3. The minimum atomic E-state index is -1.70. The predicted molar refractivity (Wildman–Crippen MR) is 204 cm³/mol. The van der Waals surface area contributed by atoms with Crippen molar-refractivity contribution in [1.82, 2.24) is 0 Å². The summed E-state index contributed by atoms with van der Waals surface area (Å²) in [5.74, 6) is 1.69. The molecule has 8 N–H and O–H groups in total. The summed E-state index contributed by atoms with van der Waals surface area (Å²) in [7, 11) is 0. The summed E-state index contributed by atoms with van der Waals surface area (Å²) in [6.45, 7) is 11.0. The Bertz CT molecular complexity index is 1540. The normalized spacial score (nSPS) is 58.7. The first-order valence-corrected chi connectivity index (χ1v) is 22.3. The Labute approximate surface area is 346 Å². The molecule has 1 spiro atoms. The number of hydrogen-bond donors (Lipinski definition) is 8. The minimum Gasteiger partial charge on any atom is -0.393 e. The lowest BCUT2D eigenvalue weighted by Gasteiger charge is -2.60. The molecule has 59 heavy (non-hydrogen) atoms. The number of aliphatic hydroxyl groups is 8. The van der Waals surface area contributed by atoms with Crippen LogP contribution in [0.5, 0.6) is 0 Å². The topological polar surface area (TPSA) is 236 Å². The highest BCUT2D eigenvalue weighted by Gasteiger charge is 2.69. The zero-order chi connectivity index (χ0) is 41.9. The molecule has 4 aliphatic carbocycles. The molecular weight excluding hydrogens is 772 g/mol. The third-order valence-corrected chi connectivity index (χ3v) is 17.0. The van der Waals surface area contributed by atoms with Crippen LogP contribution in [0.15, 0.2) is 11.6 Å². The van der Waals surface area contributed by atoms with Crippen molar-refractivity contribution in [2.45, 2.75) is 190 Å². The first-order valence-electron chi connectivity index (χ1n) is 22.3. The Morgan fingerprint density at radius 1 is 0.695 bits per heavy atom. The molecule has 5 heterocycles. The molecule has 336 valence electrons. The van der Waals surface area contributed by atoms with Crippen LogP contribution in [0.1, 0.15) is 86.0 Å². The van der Waals surface area contributed by atoms with Crippen LogP contribution in [0.2, 0.25) is 0 Å². The molecule has 0 aromatic rings. The van der Waals surface area contributed by atoms with Crippen LogP contribution < -0.4 is 0 Å². The molecular formula is C43H68O16. The van der Waals surface area contributed by atoms with Crippen molar-refractivity contribution in [3.8, 4) is 0 Å². The Balaban J connectivity index is 1.00. The van der Waals surface area contributed by atoms with Crippen LogP contribution in [0.3, 0.4) is 0 Å². The van der Waals surface area contributed by atoms with Gasteiger partial charge in [-0.1, -0.05) is 39.3 Å². The van der Waals surface area contributed by atoms with Crippen molar-refractivity contribution < 1.29 is 78.7 Å². The lowest BCUT2D eigenvalue weighted by atomic mass is 9.46. The van der Waals surface area contributed by atoms with E-state index in [4.69, 9.17) is 37.9 Å². The second kappa shape index (κ2) is 16.0. The fourth-order valence-corrected chi connectivity index (χ4v) is 13.6. The first kappa shape index (κ1) is 43.4. The van der Waals surface area contributed by atoms with E-state index in [-0.39, 0.29) is 36.6 Å². The van der Waals surface area contributed by atoms with Crippen molar-refractivity contribution in [1.29, 1.82) is 0 Å². The fourth-order valence-electron chi connectivity index (χ4n) is 13.6. The van der Waals surface area contributed by atoms with E-state index in [1.807, 2.05) is 0 Å². The van der Waals surface area contributed by atoms with Gasteiger partial charge in [-0.3, -0.25) is 0 Å². The predicted octanol–water partition coefficient (Wildman–Crippen LogP) is 0.463. The van der Waals surface area contributed by atoms with E-state index in [9.17, 15) is 40.9 Å². The van der Waals surface area contributed by atoms with Crippen molar-refractivity contribution in [3.63, 3.8) is 0 Å². The summed E-state index contributed by atoms with van der Waals surface area (Å²) < 4.78 is 50.7. The van der Waals surface area contributed by atoms with Gasteiger partial charge in [-0.15, -0.1) is 0 Å². The molecule has 25 unspecified atom stereocenters. The van der Waals surface area contributed by atoms with Crippen LogP contribution >= 0.6 is 0 Å². The molecule has 16 heteroatoms. The highest BCUT2D eigenvalue weighted by atomic mass is 16.8. The zero-order valence-electron chi connectivity index (χ0n) is 34.9. The quantitative estimate of drug-likeness (QED) is 0.170. The number of fused-ring (bicyclic) bond motifs is 7. The maximum Gasteiger partial charge on any atom is 0.187 e. The molecule has 0 aromatic carbocycles. The molecule has 5 saturated heterocycles. The third kappa shape index (κ3) is 7.02. The van der Waals surface area contributed by atoms with E-state index in [0.29, 0.717) is 36.5 Å². The molecule has 0 amide bonds. The summed E-state index contributed by atoms with van der Waals surface area (Å²) in [6.07, 6.45) is -10.9. The van der Waals surface area contributed by atoms with Gasteiger partial charge in [-0.2, -0.15) is 0 Å². The lowest BCUT2D eigenvalue weighted by Crippen LogP contribution is -2.66. The number of rotatable bonds is 6.